The van der Waals surface area contributed by atoms with Gasteiger partial charge in [-0.2, -0.15) is 5.10 Å². The Balaban J connectivity index is 1.36. The summed E-state index contributed by atoms with van der Waals surface area (Å²) < 4.78 is 7.34. The van der Waals surface area contributed by atoms with E-state index in [-0.39, 0.29) is 23.5 Å². The molecule has 0 spiro atoms. The van der Waals surface area contributed by atoms with Crippen molar-refractivity contribution < 1.29 is 9.53 Å². The molecule has 8 nitrogen and oxygen atoms in total. The zero-order valence-corrected chi connectivity index (χ0v) is 19.6. The van der Waals surface area contributed by atoms with E-state index in [9.17, 15) is 9.59 Å². The van der Waals surface area contributed by atoms with Gasteiger partial charge in [0.15, 0.2) is 0 Å². The molecule has 4 rings (SSSR count). The third-order valence-corrected chi connectivity index (χ3v) is 6.68. The predicted octanol–water partition coefficient (Wildman–Crippen LogP) is 2.52. The monoisotopic (exact) mass is 453 g/mol. The molecule has 2 aliphatic rings. The van der Waals surface area contributed by atoms with Crippen LogP contribution in [0.2, 0.25) is 0 Å². The van der Waals surface area contributed by atoms with Crippen LogP contribution in [0.25, 0.3) is 0 Å². The first-order valence-electron chi connectivity index (χ1n) is 12.3. The Hall–Kier alpha value is -2.74. The summed E-state index contributed by atoms with van der Waals surface area (Å²) >= 11 is 0. The Morgan fingerprint density at radius 2 is 2.00 bits per heavy atom. The standard InChI is InChI=1S/C25H35N5O3/c1-2-12-30-24(31)17-22(18-27-30)28-14-8-21(9-15-28)25(32)29(19-23-4-3-16-33-23)13-7-20-5-10-26-11-6-20/h5-6,10-11,17-18,21,23H,2-4,7-9,12-16,19H2,1H3. The Bertz CT molecular complexity index is 950. The number of rotatable bonds is 9. The number of anilines is 1. The second kappa shape index (κ2) is 11.4. The minimum absolute atomic E-state index is 0.00788. The van der Waals surface area contributed by atoms with E-state index in [1.807, 2.05) is 24.0 Å². The summed E-state index contributed by atoms with van der Waals surface area (Å²) in [7, 11) is 0. The van der Waals surface area contributed by atoms with Crippen LogP contribution in [0.1, 0.15) is 44.6 Å². The predicted molar refractivity (Wildman–Crippen MR) is 127 cm³/mol. The number of carbonyl (C=O) groups excluding carboxylic acids is 1. The quantitative estimate of drug-likeness (QED) is 0.580. The molecule has 1 atom stereocenters. The Morgan fingerprint density at radius 3 is 2.67 bits per heavy atom. The average Bonchev–Trinajstić information content (AvgIpc) is 3.37. The maximum Gasteiger partial charge on any atom is 0.268 e. The van der Waals surface area contributed by atoms with Crippen LogP contribution >= 0.6 is 0 Å². The first-order valence-corrected chi connectivity index (χ1v) is 12.3. The molecule has 178 valence electrons. The van der Waals surface area contributed by atoms with E-state index >= 15 is 0 Å². The Kier molecular flexibility index (Phi) is 8.10. The van der Waals surface area contributed by atoms with Gasteiger partial charge in [-0.15, -0.1) is 0 Å². The number of aromatic nitrogens is 3. The molecule has 2 fully saturated rings. The average molecular weight is 454 g/mol. The second-order valence-electron chi connectivity index (χ2n) is 9.06. The van der Waals surface area contributed by atoms with Crippen LogP contribution in [0.5, 0.6) is 0 Å². The number of nitrogens with zero attached hydrogens (tertiary/aromatic N) is 5. The van der Waals surface area contributed by atoms with Crippen LogP contribution in [-0.4, -0.2) is 64.5 Å². The summed E-state index contributed by atoms with van der Waals surface area (Å²) in [6, 6.07) is 5.69. The highest BCUT2D eigenvalue weighted by molar-refractivity contribution is 5.79. The number of hydrogen-bond acceptors (Lipinski definition) is 6. The van der Waals surface area contributed by atoms with Gasteiger partial charge < -0.3 is 14.5 Å². The smallest absolute Gasteiger partial charge is 0.268 e. The van der Waals surface area contributed by atoms with Crippen molar-refractivity contribution in [2.45, 2.75) is 58.1 Å². The Labute approximate surface area is 195 Å². The van der Waals surface area contributed by atoms with Crippen molar-refractivity contribution in [1.82, 2.24) is 19.7 Å². The molecule has 0 radical (unpaired) electrons. The molecule has 4 heterocycles. The molecule has 2 aromatic rings. The molecular formula is C25H35N5O3. The summed E-state index contributed by atoms with van der Waals surface area (Å²) in [5.74, 6) is 0.240. The van der Waals surface area contributed by atoms with Gasteiger partial charge in [0.2, 0.25) is 5.91 Å². The van der Waals surface area contributed by atoms with Crippen molar-refractivity contribution in [3.05, 3.63) is 52.7 Å². The third-order valence-electron chi connectivity index (χ3n) is 6.68. The molecule has 0 aromatic carbocycles. The maximum absolute atomic E-state index is 13.5. The van der Waals surface area contributed by atoms with E-state index in [4.69, 9.17) is 4.74 Å². The minimum atomic E-state index is -0.0635. The van der Waals surface area contributed by atoms with E-state index in [2.05, 4.69) is 15.0 Å². The third kappa shape index (κ3) is 6.19. The van der Waals surface area contributed by atoms with Crippen molar-refractivity contribution in [3.8, 4) is 0 Å². The van der Waals surface area contributed by atoms with Gasteiger partial charge in [-0.25, -0.2) is 4.68 Å². The highest BCUT2D eigenvalue weighted by Crippen LogP contribution is 2.25. The van der Waals surface area contributed by atoms with Gasteiger partial charge in [-0.1, -0.05) is 6.92 Å². The normalized spacial score (nSPS) is 19.1. The lowest BCUT2D eigenvalue weighted by Crippen LogP contribution is -2.46. The number of aryl methyl sites for hydroxylation is 1. The summed E-state index contributed by atoms with van der Waals surface area (Å²) in [5, 5.41) is 4.31. The fraction of sp³-hybridized carbons (Fsp3) is 0.600. The zero-order valence-electron chi connectivity index (χ0n) is 19.6. The summed E-state index contributed by atoms with van der Waals surface area (Å²) in [6.45, 7) is 6.34. The highest BCUT2D eigenvalue weighted by atomic mass is 16.5. The minimum Gasteiger partial charge on any atom is -0.376 e. The molecule has 2 saturated heterocycles. The molecule has 0 bridgehead atoms. The van der Waals surface area contributed by atoms with Gasteiger partial charge in [0, 0.05) is 63.7 Å². The molecule has 0 saturated carbocycles. The second-order valence-corrected chi connectivity index (χ2v) is 9.06. The van der Waals surface area contributed by atoms with E-state index in [1.165, 1.54) is 10.2 Å². The summed E-state index contributed by atoms with van der Waals surface area (Å²) in [5.41, 5.74) is 1.98. The van der Waals surface area contributed by atoms with Gasteiger partial charge in [0.25, 0.3) is 5.56 Å². The van der Waals surface area contributed by atoms with Crippen molar-refractivity contribution in [1.29, 1.82) is 0 Å². The van der Waals surface area contributed by atoms with Crippen LogP contribution in [0.3, 0.4) is 0 Å². The first kappa shape index (κ1) is 23.4. The summed E-state index contributed by atoms with van der Waals surface area (Å²) in [4.78, 5) is 34.1. The van der Waals surface area contributed by atoms with E-state index in [1.54, 1.807) is 24.7 Å². The molecule has 1 amide bonds. The van der Waals surface area contributed by atoms with Crippen molar-refractivity contribution in [3.63, 3.8) is 0 Å². The van der Waals surface area contributed by atoms with Gasteiger partial charge in [0.1, 0.15) is 0 Å². The molecule has 8 heteroatoms. The van der Waals surface area contributed by atoms with Crippen LogP contribution in [0, 0.1) is 5.92 Å². The van der Waals surface area contributed by atoms with Gasteiger partial charge >= 0.3 is 0 Å². The van der Waals surface area contributed by atoms with Gasteiger partial charge in [-0.05, 0) is 56.2 Å². The van der Waals surface area contributed by atoms with Crippen LogP contribution in [0.4, 0.5) is 5.69 Å². The largest absolute Gasteiger partial charge is 0.376 e. The van der Waals surface area contributed by atoms with Crippen LogP contribution in [-0.2, 0) is 22.5 Å². The van der Waals surface area contributed by atoms with Crippen molar-refractivity contribution >= 4 is 11.6 Å². The molecule has 2 aromatic heterocycles. The lowest BCUT2D eigenvalue weighted by molar-refractivity contribution is -0.137. The zero-order chi connectivity index (χ0) is 23.0. The Morgan fingerprint density at radius 1 is 1.21 bits per heavy atom. The fourth-order valence-electron chi connectivity index (χ4n) is 4.76. The SMILES string of the molecule is CCCn1ncc(N2CCC(C(=O)N(CCc3ccncc3)CC3CCCO3)CC2)cc1=O. The van der Waals surface area contributed by atoms with Crippen molar-refractivity contribution in [2.24, 2.45) is 5.92 Å². The van der Waals surface area contributed by atoms with E-state index < -0.39 is 0 Å². The number of piperidine rings is 1. The molecule has 0 aliphatic carbocycles. The number of amides is 1. The lowest BCUT2D eigenvalue weighted by Gasteiger charge is -2.36. The number of ether oxygens (including phenoxy) is 1. The van der Waals surface area contributed by atoms with Crippen LogP contribution < -0.4 is 10.5 Å². The lowest BCUT2D eigenvalue weighted by atomic mass is 9.94. The van der Waals surface area contributed by atoms with E-state index in [0.717, 1.165) is 63.9 Å². The molecule has 1 unspecified atom stereocenters. The first-order chi connectivity index (χ1) is 16.1. The molecular weight excluding hydrogens is 418 g/mol. The number of hydrogen-bond donors (Lipinski definition) is 0. The number of pyridine rings is 1. The van der Waals surface area contributed by atoms with Gasteiger partial charge in [0.05, 0.1) is 18.0 Å². The maximum atomic E-state index is 13.5. The summed E-state index contributed by atoms with van der Waals surface area (Å²) in [6.07, 6.45) is 10.9. The molecule has 2 aliphatic heterocycles. The molecule has 33 heavy (non-hydrogen) atoms. The molecule has 0 N–H and O–H groups in total. The van der Waals surface area contributed by atoms with Crippen molar-refractivity contribution in [2.75, 3.05) is 37.7 Å². The topological polar surface area (TPSA) is 80.6 Å². The van der Waals surface area contributed by atoms with Crippen LogP contribution in [0.15, 0.2) is 41.6 Å². The van der Waals surface area contributed by atoms with Gasteiger partial charge in [-0.3, -0.25) is 14.6 Å². The number of carbonyl (C=O) groups is 1. The van der Waals surface area contributed by atoms with E-state index in [0.29, 0.717) is 19.6 Å². The highest BCUT2D eigenvalue weighted by Gasteiger charge is 2.31. The fourth-order valence-corrected chi connectivity index (χ4v) is 4.76.